The van der Waals surface area contributed by atoms with Gasteiger partial charge in [0, 0.05) is 4.91 Å². The maximum absolute atomic E-state index is 10.3. The van der Waals surface area contributed by atoms with Crippen molar-refractivity contribution in [2.45, 2.75) is 37.7 Å². The zero-order chi connectivity index (χ0) is 15.2. The van der Waals surface area contributed by atoms with Gasteiger partial charge in [-0.1, -0.05) is 55.1 Å². The van der Waals surface area contributed by atoms with E-state index in [2.05, 4.69) is 10.0 Å². The highest BCUT2D eigenvalue weighted by Crippen LogP contribution is 2.30. The van der Waals surface area contributed by atoms with E-state index in [0.29, 0.717) is 0 Å². The van der Waals surface area contributed by atoms with Crippen molar-refractivity contribution in [1.29, 1.82) is 0 Å². The van der Waals surface area contributed by atoms with E-state index in [0.717, 1.165) is 5.56 Å². The third-order valence-electron chi connectivity index (χ3n) is 3.42. The maximum Gasteiger partial charge on any atom is 0.165 e. The molecule has 2 N–H and O–H groups in total. The summed E-state index contributed by atoms with van der Waals surface area (Å²) in [6, 6.07) is 9.37. The summed E-state index contributed by atoms with van der Waals surface area (Å²) < 4.78 is 5.43. The van der Waals surface area contributed by atoms with Gasteiger partial charge in [0.1, 0.15) is 5.16 Å². The average Bonchev–Trinajstić information content (AvgIpc) is 2.42. The Labute approximate surface area is 119 Å². The van der Waals surface area contributed by atoms with Gasteiger partial charge in [-0.05, 0) is 11.1 Å². The number of aliphatic hydroxyl groups excluding tert-OH is 2. The monoisotopic (exact) mass is 295 g/mol. The van der Waals surface area contributed by atoms with Gasteiger partial charge in [-0.15, -0.1) is 0 Å². The molecule has 0 aromatic heterocycles. The molecule has 0 saturated heterocycles. The smallest absolute Gasteiger partial charge is 0.165 e. The lowest BCUT2D eigenvalue weighted by molar-refractivity contribution is -0.141. The largest absolute Gasteiger partial charge is 0.396 e. The minimum absolute atomic E-state index is 0.190. The van der Waals surface area contributed by atoms with Gasteiger partial charge in [0.05, 0.1) is 21.3 Å². The highest BCUT2D eigenvalue weighted by Gasteiger charge is 2.49. The lowest BCUT2D eigenvalue weighted by Crippen LogP contribution is -2.61. The van der Waals surface area contributed by atoms with Crippen LogP contribution in [-0.2, 0) is 11.3 Å². The van der Waals surface area contributed by atoms with E-state index < -0.39 is 26.1 Å². The Bertz CT molecular complexity index is 471. The lowest BCUT2D eigenvalue weighted by atomic mass is 10.2. The first-order chi connectivity index (χ1) is 9.37. The van der Waals surface area contributed by atoms with E-state index in [1.54, 1.807) is 0 Å². The fourth-order valence-corrected chi connectivity index (χ4v) is 3.53. The molecule has 0 aliphatic carbocycles. The Morgan fingerprint density at radius 1 is 1.35 bits per heavy atom. The maximum atomic E-state index is 10.3. The zero-order valence-electron chi connectivity index (χ0n) is 12.0. The molecule has 0 amide bonds. The molecule has 0 radical (unpaired) electrons. The molecule has 0 spiro atoms. The summed E-state index contributed by atoms with van der Waals surface area (Å²) in [5.74, 6) is 0. The molecule has 0 aliphatic rings. The van der Waals surface area contributed by atoms with Gasteiger partial charge in [0.2, 0.25) is 0 Å². The van der Waals surface area contributed by atoms with Crippen molar-refractivity contribution in [3.8, 4) is 0 Å². The van der Waals surface area contributed by atoms with Crippen molar-refractivity contribution in [1.82, 2.24) is 0 Å². The first-order valence-corrected chi connectivity index (χ1v) is 9.88. The molecule has 6 nitrogen and oxygen atoms in total. The first kappa shape index (κ1) is 16.7. The van der Waals surface area contributed by atoms with Crippen LogP contribution in [0.3, 0.4) is 0 Å². The van der Waals surface area contributed by atoms with Crippen LogP contribution in [0.25, 0.3) is 10.4 Å². The van der Waals surface area contributed by atoms with Crippen molar-refractivity contribution >= 4 is 8.07 Å². The van der Waals surface area contributed by atoms with Gasteiger partial charge in [-0.25, -0.2) is 0 Å². The highest BCUT2D eigenvalue weighted by atomic mass is 28.3. The molecule has 0 heterocycles. The molecule has 1 rings (SSSR count). The first-order valence-electron chi connectivity index (χ1n) is 6.38. The number of benzene rings is 1. The van der Waals surface area contributed by atoms with Crippen LogP contribution in [0.1, 0.15) is 5.56 Å². The number of nitrogens with zero attached hydrogens (tertiary/aromatic N) is 3. The Morgan fingerprint density at radius 2 is 1.95 bits per heavy atom. The van der Waals surface area contributed by atoms with Gasteiger partial charge in [-0.2, -0.15) is 0 Å². The second-order valence-electron chi connectivity index (χ2n) is 5.67. The summed E-state index contributed by atoms with van der Waals surface area (Å²) in [6.07, 6.45) is -1.34. The number of rotatable bonds is 7. The molecule has 1 aromatic carbocycles. The second kappa shape index (κ2) is 6.87. The van der Waals surface area contributed by atoms with E-state index in [1.165, 1.54) is 0 Å². The fraction of sp³-hybridized carbons (Fsp3) is 0.538. The molecule has 110 valence electrons. The molecule has 0 saturated carbocycles. The predicted octanol–water partition coefficient (Wildman–Crippen LogP) is 2.44. The third kappa shape index (κ3) is 3.59. The van der Waals surface area contributed by atoms with E-state index in [-0.39, 0.29) is 6.61 Å². The topological polar surface area (TPSA) is 98.5 Å². The quantitative estimate of drug-likeness (QED) is 0.266. The fourth-order valence-electron chi connectivity index (χ4n) is 1.88. The normalized spacial score (nSPS) is 16.1. The van der Waals surface area contributed by atoms with Crippen molar-refractivity contribution in [3.63, 3.8) is 0 Å². The minimum atomic E-state index is -2.20. The Morgan fingerprint density at radius 3 is 2.40 bits per heavy atom. The number of azide groups is 1. The lowest BCUT2D eigenvalue weighted by Gasteiger charge is -2.41. The number of hydrogen-bond donors (Lipinski definition) is 2. The molecule has 0 bridgehead atoms. The van der Waals surface area contributed by atoms with Crippen molar-refractivity contribution in [3.05, 3.63) is 46.3 Å². The molecule has 7 heteroatoms. The minimum Gasteiger partial charge on any atom is -0.396 e. The van der Waals surface area contributed by atoms with Crippen LogP contribution in [0, 0.1) is 0 Å². The molecule has 0 fully saturated rings. The van der Waals surface area contributed by atoms with Crippen LogP contribution in [0.2, 0.25) is 19.6 Å². The van der Waals surface area contributed by atoms with Gasteiger partial charge < -0.3 is 14.9 Å². The van der Waals surface area contributed by atoms with Gasteiger partial charge in [-0.3, -0.25) is 0 Å². The van der Waals surface area contributed by atoms with Crippen LogP contribution in [0.5, 0.6) is 0 Å². The Kier molecular flexibility index (Phi) is 5.73. The molecular weight excluding hydrogens is 274 g/mol. The number of hydrogen-bond acceptors (Lipinski definition) is 4. The summed E-state index contributed by atoms with van der Waals surface area (Å²) in [5.41, 5.74) is 9.63. The van der Waals surface area contributed by atoms with Gasteiger partial charge in [0.15, 0.2) is 6.29 Å². The number of ether oxygens (including phenoxy) is 1. The predicted molar refractivity (Wildman–Crippen MR) is 79.5 cm³/mol. The molecule has 0 aliphatic heterocycles. The summed E-state index contributed by atoms with van der Waals surface area (Å²) in [7, 11) is -2.20. The summed E-state index contributed by atoms with van der Waals surface area (Å²) in [6.45, 7) is 5.48. The molecule has 2 atom stereocenters. The second-order valence-corrected chi connectivity index (χ2v) is 11.0. The van der Waals surface area contributed by atoms with E-state index in [9.17, 15) is 10.2 Å². The third-order valence-corrected chi connectivity index (χ3v) is 6.52. The number of aliphatic hydroxyl groups is 2. The molecule has 20 heavy (non-hydrogen) atoms. The molecular formula is C13H21N3O3Si. The van der Waals surface area contributed by atoms with Gasteiger partial charge in [0.25, 0.3) is 0 Å². The van der Waals surface area contributed by atoms with Crippen LogP contribution >= 0.6 is 0 Å². The van der Waals surface area contributed by atoms with Crippen molar-refractivity contribution in [2.24, 2.45) is 5.11 Å². The standard InChI is InChI=1S/C13H21N3O3Si/c1-20(2,3)13(10-17,15-16-14)12(18)19-9-11-7-5-4-6-8-11/h4-8,12,17-18H,9-10H2,1-3H3/t12-,13+/m1/s1. The van der Waals surface area contributed by atoms with E-state index >= 15 is 0 Å². The van der Waals surface area contributed by atoms with Crippen molar-refractivity contribution in [2.75, 3.05) is 6.61 Å². The summed E-state index contributed by atoms with van der Waals surface area (Å²) >= 11 is 0. The van der Waals surface area contributed by atoms with E-state index in [4.69, 9.17) is 10.3 Å². The van der Waals surface area contributed by atoms with Crippen LogP contribution in [0.4, 0.5) is 0 Å². The van der Waals surface area contributed by atoms with Crippen LogP contribution < -0.4 is 0 Å². The van der Waals surface area contributed by atoms with Crippen LogP contribution in [-0.4, -0.2) is 36.3 Å². The zero-order valence-corrected chi connectivity index (χ0v) is 13.0. The Hall–Kier alpha value is -1.37. The van der Waals surface area contributed by atoms with E-state index in [1.807, 2.05) is 50.0 Å². The van der Waals surface area contributed by atoms with Gasteiger partial charge >= 0.3 is 0 Å². The molecule has 1 aromatic rings. The highest BCUT2D eigenvalue weighted by molar-refractivity contribution is 6.79. The SMILES string of the molecule is C[Si](C)(C)[C@](CO)(N=[N+]=[N-])[C@H](O)OCc1ccccc1. The average molecular weight is 295 g/mol. The van der Waals surface area contributed by atoms with Crippen molar-refractivity contribution < 1.29 is 14.9 Å². The van der Waals surface area contributed by atoms with Crippen LogP contribution in [0.15, 0.2) is 35.4 Å². The summed E-state index contributed by atoms with van der Waals surface area (Å²) in [4.78, 5) is 2.78. The summed E-state index contributed by atoms with van der Waals surface area (Å²) in [5, 5.41) is 22.3. The molecule has 0 unspecified atom stereocenters. The Balaban J connectivity index is 2.89.